The van der Waals surface area contributed by atoms with Gasteiger partial charge < -0.3 is 9.15 Å². The van der Waals surface area contributed by atoms with Crippen molar-refractivity contribution in [1.82, 2.24) is 0 Å². The van der Waals surface area contributed by atoms with Crippen molar-refractivity contribution < 1.29 is 9.15 Å². The quantitative estimate of drug-likeness (QED) is 0.696. The minimum absolute atomic E-state index is 0.0415. The molecule has 1 unspecified atom stereocenters. The maximum Gasteiger partial charge on any atom is 0.204 e. The van der Waals surface area contributed by atoms with E-state index in [0.717, 1.165) is 17.8 Å². The Labute approximate surface area is 140 Å². The number of benzene rings is 2. The summed E-state index contributed by atoms with van der Waals surface area (Å²) in [6.45, 7) is 4.15. The van der Waals surface area contributed by atoms with Crippen molar-refractivity contribution in [3.8, 4) is 5.75 Å². The number of rotatable bonds is 2. The fraction of sp³-hybridized carbons (Fsp3) is 0.190. The van der Waals surface area contributed by atoms with Crippen LogP contribution in [-0.4, -0.2) is 7.11 Å². The summed E-state index contributed by atoms with van der Waals surface area (Å²) in [7, 11) is 1.56. The number of methoxy groups -OCH3 is 1. The van der Waals surface area contributed by atoms with Crippen LogP contribution in [0.2, 0.25) is 0 Å². The highest BCUT2D eigenvalue weighted by Gasteiger charge is 2.28. The van der Waals surface area contributed by atoms with E-state index in [1.54, 1.807) is 13.2 Å². The molecule has 0 bridgehead atoms. The molecule has 24 heavy (non-hydrogen) atoms. The number of ether oxygens (including phenoxy) is 1. The Morgan fingerprint density at radius 3 is 2.62 bits per heavy atom. The molecule has 0 spiro atoms. The van der Waals surface area contributed by atoms with Crippen molar-refractivity contribution in [3.05, 3.63) is 82.2 Å². The molecule has 0 amide bonds. The van der Waals surface area contributed by atoms with Gasteiger partial charge in [0.25, 0.3) is 0 Å². The molecule has 3 aromatic rings. The monoisotopic (exact) mass is 318 g/mol. The lowest BCUT2D eigenvalue weighted by Gasteiger charge is -2.25. The smallest absolute Gasteiger partial charge is 0.204 e. The van der Waals surface area contributed by atoms with Crippen LogP contribution in [0.1, 0.15) is 29.2 Å². The van der Waals surface area contributed by atoms with E-state index < -0.39 is 0 Å². The van der Waals surface area contributed by atoms with Crippen LogP contribution in [0.4, 0.5) is 0 Å². The van der Waals surface area contributed by atoms with Crippen molar-refractivity contribution in [3.63, 3.8) is 0 Å². The predicted molar refractivity (Wildman–Crippen MR) is 95.6 cm³/mol. The van der Waals surface area contributed by atoms with Gasteiger partial charge in [0, 0.05) is 6.42 Å². The largest absolute Gasteiger partial charge is 0.496 e. The molecule has 1 aromatic heterocycles. The standard InChI is InChI=1S/C21H18O3/c1-13-11-15(14-7-4-3-5-8-14)12-18-19(13)21(22)20-16(23-2)9-6-10-17(20)24-18/h3-10,15H,1,11-12H2,2H3. The normalized spacial score (nSPS) is 16.9. The summed E-state index contributed by atoms with van der Waals surface area (Å²) in [5.41, 5.74) is 3.24. The molecule has 1 atom stereocenters. The molecule has 3 nitrogen and oxygen atoms in total. The van der Waals surface area contributed by atoms with Crippen LogP contribution in [0, 0.1) is 0 Å². The second-order valence-electron chi connectivity index (χ2n) is 6.18. The predicted octanol–water partition coefficient (Wildman–Crippen LogP) is 4.54. The highest BCUT2D eigenvalue weighted by molar-refractivity contribution is 5.87. The highest BCUT2D eigenvalue weighted by atomic mass is 16.5. The first-order valence-corrected chi connectivity index (χ1v) is 8.05. The first-order chi connectivity index (χ1) is 11.7. The molecule has 2 aromatic carbocycles. The lowest BCUT2D eigenvalue weighted by atomic mass is 9.80. The van der Waals surface area contributed by atoms with E-state index in [-0.39, 0.29) is 11.3 Å². The second kappa shape index (κ2) is 5.68. The molecular formula is C21H18O3. The van der Waals surface area contributed by atoms with Gasteiger partial charge in [0.1, 0.15) is 22.5 Å². The van der Waals surface area contributed by atoms with Crippen LogP contribution >= 0.6 is 0 Å². The van der Waals surface area contributed by atoms with Crippen LogP contribution in [0.3, 0.4) is 0 Å². The highest BCUT2D eigenvalue weighted by Crippen LogP contribution is 2.39. The zero-order valence-electron chi connectivity index (χ0n) is 13.5. The summed E-state index contributed by atoms with van der Waals surface area (Å²) in [5, 5.41) is 0.498. The van der Waals surface area contributed by atoms with Crippen molar-refractivity contribution in [2.45, 2.75) is 18.8 Å². The van der Waals surface area contributed by atoms with E-state index in [9.17, 15) is 4.79 Å². The van der Waals surface area contributed by atoms with E-state index in [0.29, 0.717) is 28.7 Å². The molecule has 4 rings (SSSR count). The number of hydrogen-bond acceptors (Lipinski definition) is 3. The van der Waals surface area contributed by atoms with Gasteiger partial charge in [-0.3, -0.25) is 4.79 Å². The van der Waals surface area contributed by atoms with E-state index in [2.05, 4.69) is 18.7 Å². The van der Waals surface area contributed by atoms with E-state index in [1.165, 1.54) is 5.56 Å². The Morgan fingerprint density at radius 1 is 1.08 bits per heavy atom. The Hall–Kier alpha value is -2.81. The Kier molecular flexibility index (Phi) is 3.49. The van der Waals surface area contributed by atoms with Gasteiger partial charge in [-0.1, -0.05) is 43.0 Å². The summed E-state index contributed by atoms with van der Waals surface area (Å²) >= 11 is 0. The zero-order valence-corrected chi connectivity index (χ0v) is 13.5. The van der Waals surface area contributed by atoms with Crippen LogP contribution in [0.5, 0.6) is 5.75 Å². The van der Waals surface area contributed by atoms with Crippen molar-refractivity contribution in [1.29, 1.82) is 0 Å². The van der Waals surface area contributed by atoms with Gasteiger partial charge in [0.15, 0.2) is 0 Å². The third-order valence-corrected chi connectivity index (χ3v) is 4.72. The molecule has 0 aliphatic heterocycles. The SMILES string of the molecule is C=C1CC(c2ccccc2)Cc2oc3cccc(OC)c3c(=O)c21. The number of hydrogen-bond donors (Lipinski definition) is 0. The Morgan fingerprint density at radius 2 is 1.88 bits per heavy atom. The van der Waals surface area contributed by atoms with Gasteiger partial charge in [-0.25, -0.2) is 0 Å². The third kappa shape index (κ3) is 2.24. The molecule has 0 N–H and O–H groups in total. The van der Waals surface area contributed by atoms with E-state index in [4.69, 9.17) is 9.15 Å². The molecule has 1 aliphatic carbocycles. The first kappa shape index (κ1) is 14.8. The molecule has 0 radical (unpaired) electrons. The Bertz CT molecular complexity index is 983. The van der Waals surface area contributed by atoms with Crippen LogP contribution in [0.25, 0.3) is 16.5 Å². The molecule has 0 fully saturated rings. The minimum atomic E-state index is -0.0415. The number of fused-ring (bicyclic) bond motifs is 2. The fourth-order valence-corrected chi connectivity index (χ4v) is 3.58. The van der Waals surface area contributed by atoms with Crippen molar-refractivity contribution >= 4 is 16.5 Å². The fourth-order valence-electron chi connectivity index (χ4n) is 3.58. The number of allylic oxidation sites excluding steroid dienone is 1. The van der Waals surface area contributed by atoms with Gasteiger partial charge in [-0.2, -0.15) is 0 Å². The summed E-state index contributed by atoms with van der Waals surface area (Å²) in [6.07, 6.45) is 1.48. The van der Waals surface area contributed by atoms with E-state index >= 15 is 0 Å². The van der Waals surface area contributed by atoms with Crippen molar-refractivity contribution in [2.24, 2.45) is 0 Å². The molecule has 0 saturated heterocycles. The average Bonchev–Trinajstić information content (AvgIpc) is 2.61. The Balaban J connectivity index is 1.90. The van der Waals surface area contributed by atoms with Gasteiger partial charge >= 0.3 is 0 Å². The average molecular weight is 318 g/mol. The third-order valence-electron chi connectivity index (χ3n) is 4.72. The lowest BCUT2D eigenvalue weighted by Crippen LogP contribution is -2.20. The first-order valence-electron chi connectivity index (χ1n) is 8.05. The summed E-state index contributed by atoms with van der Waals surface area (Å²) in [6, 6.07) is 15.7. The van der Waals surface area contributed by atoms with Gasteiger partial charge in [-0.15, -0.1) is 0 Å². The van der Waals surface area contributed by atoms with E-state index in [1.807, 2.05) is 30.3 Å². The van der Waals surface area contributed by atoms with Gasteiger partial charge in [0.05, 0.1) is 12.7 Å². The molecule has 0 saturated carbocycles. The minimum Gasteiger partial charge on any atom is -0.496 e. The van der Waals surface area contributed by atoms with Crippen LogP contribution in [0.15, 0.2) is 64.3 Å². The summed E-state index contributed by atoms with van der Waals surface area (Å²) in [4.78, 5) is 13.0. The molecule has 120 valence electrons. The topological polar surface area (TPSA) is 39.4 Å². The van der Waals surface area contributed by atoms with Crippen molar-refractivity contribution in [2.75, 3.05) is 7.11 Å². The molecular weight excluding hydrogens is 300 g/mol. The maximum atomic E-state index is 13.0. The summed E-state index contributed by atoms with van der Waals surface area (Å²) < 4.78 is 11.4. The second-order valence-corrected chi connectivity index (χ2v) is 6.18. The molecule has 1 aliphatic rings. The molecule has 3 heteroatoms. The zero-order chi connectivity index (χ0) is 16.7. The molecule has 1 heterocycles. The van der Waals surface area contributed by atoms with Gasteiger partial charge in [0.2, 0.25) is 5.43 Å². The van der Waals surface area contributed by atoms with Gasteiger partial charge in [-0.05, 0) is 35.6 Å². The summed E-state index contributed by atoms with van der Waals surface area (Å²) in [5.74, 6) is 1.56. The van der Waals surface area contributed by atoms with Crippen LogP contribution < -0.4 is 10.2 Å². The van der Waals surface area contributed by atoms with Crippen LogP contribution in [-0.2, 0) is 6.42 Å². The maximum absolute atomic E-state index is 13.0. The lowest BCUT2D eigenvalue weighted by molar-refractivity contribution is 0.417.